The van der Waals surface area contributed by atoms with Crippen LogP contribution in [0.2, 0.25) is 0 Å². The fourth-order valence-corrected chi connectivity index (χ4v) is 2.16. The first-order valence-corrected chi connectivity index (χ1v) is 7.96. The average molecular weight is 336 g/mol. The summed E-state index contributed by atoms with van der Waals surface area (Å²) in [6.45, 7) is 1.92. The van der Waals surface area contributed by atoms with Crippen LogP contribution in [-0.4, -0.2) is 40.0 Å². The van der Waals surface area contributed by atoms with E-state index < -0.39 is 17.7 Å². The van der Waals surface area contributed by atoms with Crippen LogP contribution in [0.15, 0.2) is 24.4 Å². The average Bonchev–Trinajstić information content (AvgIpc) is 2.59. The highest BCUT2D eigenvalue weighted by molar-refractivity contribution is 5.84. The van der Waals surface area contributed by atoms with Crippen molar-refractivity contribution in [2.24, 2.45) is 5.92 Å². The summed E-state index contributed by atoms with van der Waals surface area (Å²) in [6.07, 6.45) is 5.12. The summed E-state index contributed by atoms with van der Waals surface area (Å²) in [5.41, 5.74) is 5.25. The maximum absolute atomic E-state index is 12.2. The van der Waals surface area contributed by atoms with Gasteiger partial charge >= 0.3 is 0 Å². The third kappa shape index (κ3) is 7.68. The number of unbranched alkanes of at least 4 members (excludes halogenated alkanes) is 2. The molecule has 0 spiro atoms. The van der Waals surface area contributed by atoms with Gasteiger partial charge in [0.15, 0.2) is 0 Å². The van der Waals surface area contributed by atoms with Gasteiger partial charge in [0.25, 0.3) is 0 Å². The molecule has 0 aromatic carbocycles. The maximum Gasteiger partial charge on any atom is 0.244 e. The van der Waals surface area contributed by atoms with E-state index in [-0.39, 0.29) is 19.4 Å². The van der Waals surface area contributed by atoms with Gasteiger partial charge in [-0.05, 0) is 18.6 Å². The molecule has 1 aromatic rings. The highest BCUT2D eigenvalue weighted by atomic mass is 16.5. The molecule has 1 atom stereocenters. The number of nitrogens with zero attached hydrogens (tertiary/aromatic N) is 2. The molecule has 3 N–H and O–H groups in total. The molecule has 8 heteroatoms. The molecule has 0 unspecified atom stereocenters. The van der Waals surface area contributed by atoms with Crippen molar-refractivity contribution in [3.63, 3.8) is 0 Å². The summed E-state index contributed by atoms with van der Waals surface area (Å²) in [4.78, 5) is 38.5. The summed E-state index contributed by atoms with van der Waals surface area (Å²) in [5.74, 6) is -1.44. The summed E-state index contributed by atoms with van der Waals surface area (Å²) in [7, 11) is 0. The van der Waals surface area contributed by atoms with Gasteiger partial charge in [-0.2, -0.15) is 0 Å². The number of nitrogens with one attached hydrogen (secondary N) is 2. The molecule has 1 heterocycles. The lowest BCUT2D eigenvalue weighted by atomic mass is 10.0. The van der Waals surface area contributed by atoms with Gasteiger partial charge in [-0.15, -0.1) is 0 Å². The standard InChI is InChI=1S/C16H24N4O4/c1-2-3-4-7-13(11-20(24)12-21)16(23)19-18-15(22)10-14-8-5-6-9-17-14/h5-6,8-9,12-13,24H,2-4,7,10-11H2,1H3,(H,18,22)(H,19,23)/t13-/m1/s1. The molecule has 0 aliphatic carbocycles. The number of hydroxylamine groups is 2. The lowest BCUT2D eigenvalue weighted by Gasteiger charge is -2.19. The number of amides is 3. The number of carbonyl (C=O) groups excluding carboxylic acids is 3. The Balaban J connectivity index is 2.47. The summed E-state index contributed by atoms with van der Waals surface area (Å²) < 4.78 is 0. The Morgan fingerprint density at radius 2 is 2.12 bits per heavy atom. The molecule has 0 aliphatic heterocycles. The quantitative estimate of drug-likeness (QED) is 0.253. The van der Waals surface area contributed by atoms with E-state index in [1.165, 1.54) is 0 Å². The Morgan fingerprint density at radius 3 is 2.75 bits per heavy atom. The van der Waals surface area contributed by atoms with Gasteiger partial charge in [-0.25, -0.2) is 5.06 Å². The number of carbonyl (C=O) groups is 3. The van der Waals surface area contributed by atoms with Crippen LogP contribution in [0, 0.1) is 5.92 Å². The molecule has 0 saturated heterocycles. The molecule has 0 bridgehead atoms. The largest absolute Gasteiger partial charge is 0.286 e. The minimum atomic E-state index is -0.595. The van der Waals surface area contributed by atoms with Gasteiger partial charge in [-0.3, -0.25) is 35.4 Å². The first-order valence-electron chi connectivity index (χ1n) is 7.96. The molecular weight excluding hydrogens is 312 g/mol. The van der Waals surface area contributed by atoms with E-state index in [0.29, 0.717) is 17.2 Å². The predicted molar refractivity (Wildman–Crippen MR) is 86.4 cm³/mol. The fraction of sp³-hybridized carbons (Fsp3) is 0.500. The highest BCUT2D eigenvalue weighted by Crippen LogP contribution is 2.11. The molecule has 132 valence electrons. The molecule has 1 aromatic heterocycles. The SMILES string of the molecule is CCCCC[C@H](CN(O)C=O)C(=O)NNC(=O)Cc1ccccn1. The van der Waals surface area contributed by atoms with Crippen LogP contribution in [-0.2, 0) is 20.8 Å². The van der Waals surface area contributed by atoms with Crippen LogP contribution in [0.25, 0.3) is 0 Å². The molecule has 0 fully saturated rings. The van der Waals surface area contributed by atoms with Crippen LogP contribution in [0.4, 0.5) is 0 Å². The van der Waals surface area contributed by atoms with Gasteiger partial charge in [-0.1, -0.05) is 32.3 Å². The summed E-state index contributed by atoms with van der Waals surface area (Å²) in [5, 5.41) is 9.73. The number of hydrogen-bond donors (Lipinski definition) is 3. The topological polar surface area (TPSA) is 112 Å². The van der Waals surface area contributed by atoms with Gasteiger partial charge in [0.1, 0.15) is 0 Å². The Labute approximate surface area is 141 Å². The van der Waals surface area contributed by atoms with Crippen molar-refractivity contribution in [1.29, 1.82) is 0 Å². The zero-order valence-electron chi connectivity index (χ0n) is 13.8. The Hall–Kier alpha value is -2.48. The number of pyridine rings is 1. The highest BCUT2D eigenvalue weighted by Gasteiger charge is 2.21. The van der Waals surface area contributed by atoms with Crippen LogP contribution in [0.3, 0.4) is 0 Å². The lowest BCUT2D eigenvalue weighted by Crippen LogP contribution is -2.47. The lowest BCUT2D eigenvalue weighted by molar-refractivity contribution is -0.155. The van der Waals surface area contributed by atoms with Crippen molar-refractivity contribution in [3.8, 4) is 0 Å². The second kappa shape index (κ2) is 11.1. The minimum Gasteiger partial charge on any atom is -0.286 e. The van der Waals surface area contributed by atoms with Gasteiger partial charge in [0.2, 0.25) is 18.2 Å². The van der Waals surface area contributed by atoms with E-state index in [1.807, 2.05) is 6.92 Å². The van der Waals surface area contributed by atoms with Gasteiger partial charge in [0.05, 0.1) is 18.9 Å². The monoisotopic (exact) mass is 336 g/mol. The molecule has 24 heavy (non-hydrogen) atoms. The van der Waals surface area contributed by atoms with E-state index in [4.69, 9.17) is 0 Å². The zero-order valence-corrected chi connectivity index (χ0v) is 13.8. The molecule has 0 saturated carbocycles. The molecule has 0 radical (unpaired) electrons. The summed E-state index contributed by atoms with van der Waals surface area (Å²) in [6, 6.07) is 5.23. The smallest absolute Gasteiger partial charge is 0.244 e. The Bertz CT molecular complexity index is 524. The van der Waals surface area contributed by atoms with Crippen LogP contribution in [0.1, 0.15) is 38.3 Å². The zero-order chi connectivity index (χ0) is 17.8. The molecule has 0 aliphatic rings. The van der Waals surface area contributed by atoms with E-state index in [0.717, 1.165) is 19.3 Å². The number of aromatic nitrogens is 1. The normalized spacial score (nSPS) is 11.4. The van der Waals surface area contributed by atoms with Gasteiger partial charge in [0, 0.05) is 11.9 Å². The minimum absolute atomic E-state index is 0.0437. The van der Waals surface area contributed by atoms with Crippen molar-refractivity contribution in [1.82, 2.24) is 20.9 Å². The van der Waals surface area contributed by atoms with Crippen LogP contribution >= 0.6 is 0 Å². The second-order valence-electron chi connectivity index (χ2n) is 5.46. The Morgan fingerprint density at radius 1 is 1.33 bits per heavy atom. The van der Waals surface area contributed by atoms with E-state index in [1.54, 1.807) is 24.4 Å². The van der Waals surface area contributed by atoms with Crippen LogP contribution < -0.4 is 10.9 Å². The van der Waals surface area contributed by atoms with E-state index >= 15 is 0 Å². The molecular formula is C16H24N4O4. The first-order chi connectivity index (χ1) is 11.6. The predicted octanol–water partition coefficient (Wildman–Crippen LogP) is 0.816. The third-order valence-electron chi connectivity index (χ3n) is 3.45. The number of hydrogen-bond acceptors (Lipinski definition) is 5. The number of rotatable bonds is 10. The molecule has 8 nitrogen and oxygen atoms in total. The van der Waals surface area contributed by atoms with E-state index in [9.17, 15) is 19.6 Å². The van der Waals surface area contributed by atoms with Gasteiger partial charge < -0.3 is 0 Å². The summed E-state index contributed by atoms with van der Waals surface area (Å²) >= 11 is 0. The third-order valence-corrected chi connectivity index (χ3v) is 3.45. The van der Waals surface area contributed by atoms with Crippen LogP contribution in [0.5, 0.6) is 0 Å². The van der Waals surface area contributed by atoms with Crippen molar-refractivity contribution in [2.75, 3.05) is 6.54 Å². The van der Waals surface area contributed by atoms with Crippen molar-refractivity contribution in [3.05, 3.63) is 30.1 Å². The molecule has 3 amide bonds. The van der Waals surface area contributed by atoms with Crippen molar-refractivity contribution >= 4 is 18.2 Å². The first kappa shape index (κ1) is 19.6. The maximum atomic E-state index is 12.2. The van der Waals surface area contributed by atoms with Crippen molar-refractivity contribution < 1.29 is 19.6 Å². The Kier molecular flexibility index (Phi) is 9.06. The fourth-order valence-electron chi connectivity index (χ4n) is 2.16. The second-order valence-corrected chi connectivity index (χ2v) is 5.46. The number of hydrazine groups is 1. The molecule has 1 rings (SSSR count). The van der Waals surface area contributed by atoms with Crippen molar-refractivity contribution in [2.45, 2.75) is 39.0 Å². The van der Waals surface area contributed by atoms with E-state index in [2.05, 4.69) is 15.8 Å².